The normalized spacial score (nSPS) is 10.8. The van der Waals surface area contributed by atoms with Crippen molar-refractivity contribution in [3.8, 4) is 0 Å². The molecule has 0 aliphatic carbocycles. The number of benzene rings is 1. The zero-order chi connectivity index (χ0) is 15.9. The SMILES string of the molecule is O=C(CCCCCCn1cnc2cc(F)ccc2c1=O)NO. The fraction of sp³-hybridized carbons (Fsp3) is 0.400. The molecule has 0 aliphatic rings. The van der Waals surface area contributed by atoms with E-state index in [0.29, 0.717) is 30.3 Å². The molecule has 7 heteroatoms. The second-order valence-electron chi connectivity index (χ2n) is 5.10. The van der Waals surface area contributed by atoms with Gasteiger partial charge in [-0.15, -0.1) is 0 Å². The molecule has 0 fully saturated rings. The third-order valence-corrected chi connectivity index (χ3v) is 3.46. The summed E-state index contributed by atoms with van der Waals surface area (Å²) in [6.45, 7) is 0.533. The van der Waals surface area contributed by atoms with Crippen LogP contribution >= 0.6 is 0 Å². The number of aryl methyl sites for hydroxylation is 1. The zero-order valence-electron chi connectivity index (χ0n) is 12.1. The molecule has 2 N–H and O–H groups in total. The minimum absolute atomic E-state index is 0.176. The maximum atomic E-state index is 13.1. The molecule has 1 aromatic heterocycles. The number of unbranched alkanes of at least 4 members (excludes halogenated alkanes) is 3. The summed E-state index contributed by atoms with van der Waals surface area (Å²) in [7, 11) is 0. The molecule has 0 saturated carbocycles. The summed E-state index contributed by atoms with van der Waals surface area (Å²) in [5, 5.41) is 8.76. The Bertz CT molecular complexity index is 715. The average molecular weight is 307 g/mol. The van der Waals surface area contributed by atoms with Gasteiger partial charge >= 0.3 is 0 Å². The van der Waals surface area contributed by atoms with Crippen molar-refractivity contribution < 1.29 is 14.4 Å². The Morgan fingerprint density at radius 3 is 2.82 bits per heavy atom. The number of carbonyl (C=O) groups is 1. The molecule has 118 valence electrons. The van der Waals surface area contributed by atoms with Crippen LogP contribution in [0.5, 0.6) is 0 Å². The summed E-state index contributed by atoms with van der Waals surface area (Å²) < 4.78 is 14.6. The van der Waals surface area contributed by atoms with E-state index in [1.54, 1.807) is 5.48 Å². The van der Waals surface area contributed by atoms with Gasteiger partial charge in [-0.05, 0) is 25.0 Å². The standard InChI is InChI=1S/C15H18FN3O3/c16-11-6-7-12-13(9-11)17-10-19(15(12)21)8-4-2-1-3-5-14(20)18-22/h6-7,9-10,22H,1-5,8H2,(H,18,20). The van der Waals surface area contributed by atoms with Crippen molar-refractivity contribution in [1.82, 2.24) is 15.0 Å². The second-order valence-corrected chi connectivity index (χ2v) is 5.10. The first-order valence-corrected chi connectivity index (χ1v) is 7.19. The van der Waals surface area contributed by atoms with Crippen molar-refractivity contribution in [2.24, 2.45) is 0 Å². The van der Waals surface area contributed by atoms with E-state index in [1.165, 1.54) is 29.1 Å². The number of hydroxylamine groups is 1. The van der Waals surface area contributed by atoms with Crippen LogP contribution < -0.4 is 11.0 Å². The molecule has 0 unspecified atom stereocenters. The van der Waals surface area contributed by atoms with Crippen molar-refractivity contribution in [1.29, 1.82) is 0 Å². The number of amides is 1. The van der Waals surface area contributed by atoms with E-state index in [1.807, 2.05) is 0 Å². The largest absolute Gasteiger partial charge is 0.299 e. The van der Waals surface area contributed by atoms with Crippen LogP contribution in [0.15, 0.2) is 29.3 Å². The van der Waals surface area contributed by atoms with E-state index in [2.05, 4.69) is 4.98 Å². The van der Waals surface area contributed by atoms with E-state index >= 15 is 0 Å². The van der Waals surface area contributed by atoms with E-state index in [9.17, 15) is 14.0 Å². The first-order chi connectivity index (χ1) is 10.6. The molecule has 22 heavy (non-hydrogen) atoms. The van der Waals surface area contributed by atoms with Crippen LogP contribution in [0, 0.1) is 5.82 Å². The molecule has 0 atom stereocenters. The van der Waals surface area contributed by atoms with Crippen LogP contribution in [0.4, 0.5) is 4.39 Å². The minimum atomic E-state index is -0.413. The Labute approximate surface area is 126 Å². The quantitative estimate of drug-likeness (QED) is 0.465. The highest BCUT2D eigenvalue weighted by atomic mass is 19.1. The van der Waals surface area contributed by atoms with Gasteiger partial charge in [-0.1, -0.05) is 12.8 Å². The van der Waals surface area contributed by atoms with E-state index in [4.69, 9.17) is 5.21 Å². The number of rotatable bonds is 7. The fourth-order valence-corrected chi connectivity index (χ4v) is 2.27. The second kappa shape index (κ2) is 7.65. The molecule has 2 aromatic rings. The highest BCUT2D eigenvalue weighted by molar-refractivity contribution is 5.77. The van der Waals surface area contributed by atoms with Gasteiger partial charge in [0.25, 0.3) is 5.56 Å². The van der Waals surface area contributed by atoms with E-state index < -0.39 is 5.82 Å². The Hall–Kier alpha value is -2.28. The first kappa shape index (κ1) is 16.1. The molecular formula is C15H18FN3O3. The summed E-state index contributed by atoms with van der Waals surface area (Å²) in [6.07, 6.45) is 4.91. The number of carbonyl (C=O) groups excluding carboxylic acids is 1. The zero-order valence-corrected chi connectivity index (χ0v) is 12.1. The van der Waals surface area contributed by atoms with Crippen molar-refractivity contribution in [3.05, 3.63) is 40.7 Å². The van der Waals surface area contributed by atoms with Gasteiger partial charge in [0.15, 0.2) is 0 Å². The third kappa shape index (κ3) is 4.11. The number of aromatic nitrogens is 2. The lowest BCUT2D eigenvalue weighted by atomic mass is 10.1. The summed E-state index contributed by atoms with van der Waals surface area (Å²) in [5.41, 5.74) is 1.77. The molecule has 0 radical (unpaired) electrons. The molecule has 2 rings (SSSR count). The molecule has 1 heterocycles. The highest BCUT2D eigenvalue weighted by Gasteiger charge is 2.05. The van der Waals surface area contributed by atoms with Gasteiger partial charge in [0.1, 0.15) is 5.82 Å². The topological polar surface area (TPSA) is 84.2 Å². The van der Waals surface area contributed by atoms with Gasteiger partial charge < -0.3 is 0 Å². The lowest BCUT2D eigenvalue weighted by molar-refractivity contribution is -0.129. The smallest absolute Gasteiger partial charge is 0.261 e. The predicted molar refractivity (Wildman–Crippen MR) is 79.0 cm³/mol. The monoisotopic (exact) mass is 307 g/mol. The molecule has 0 spiro atoms. The van der Waals surface area contributed by atoms with Gasteiger partial charge in [0, 0.05) is 19.0 Å². The summed E-state index contributed by atoms with van der Waals surface area (Å²) in [4.78, 5) is 27.1. The van der Waals surface area contributed by atoms with Crippen molar-refractivity contribution in [2.45, 2.75) is 38.6 Å². The van der Waals surface area contributed by atoms with Gasteiger partial charge in [0.2, 0.25) is 5.91 Å². The van der Waals surface area contributed by atoms with Gasteiger partial charge in [-0.25, -0.2) is 14.9 Å². The van der Waals surface area contributed by atoms with Crippen LogP contribution in [0.1, 0.15) is 32.1 Å². The van der Waals surface area contributed by atoms with Crippen LogP contribution in [0.2, 0.25) is 0 Å². The maximum absolute atomic E-state index is 13.1. The number of halogens is 1. The third-order valence-electron chi connectivity index (χ3n) is 3.46. The first-order valence-electron chi connectivity index (χ1n) is 7.19. The lowest BCUT2D eigenvalue weighted by Crippen LogP contribution is -2.20. The van der Waals surface area contributed by atoms with Crippen molar-refractivity contribution in [2.75, 3.05) is 0 Å². The molecular weight excluding hydrogens is 289 g/mol. The predicted octanol–water partition coefficient (Wildman–Crippen LogP) is 1.99. The fourth-order valence-electron chi connectivity index (χ4n) is 2.27. The van der Waals surface area contributed by atoms with Crippen LogP contribution in [0.25, 0.3) is 10.9 Å². The Balaban J connectivity index is 1.87. The molecule has 1 aromatic carbocycles. The van der Waals surface area contributed by atoms with Crippen LogP contribution in [-0.2, 0) is 11.3 Å². The Morgan fingerprint density at radius 2 is 2.05 bits per heavy atom. The number of hydrogen-bond donors (Lipinski definition) is 2. The molecule has 1 amide bonds. The van der Waals surface area contributed by atoms with Gasteiger partial charge in [0.05, 0.1) is 17.2 Å². The average Bonchev–Trinajstić information content (AvgIpc) is 2.52. The summed E-state index contributed by atoms with van der Waals surface area (Å²) in [6, 6.07) is 3.94. The van der Waals surface area contributed by atoms with Crippen molar-refractivity contribution >= 4 is 16.8 Å². The number of nitrogens with one attached hydrogen (secondary N) is 1. The minimum Gasteiger partial charge on any atom is -0.299 e. The summed E-state index contributed by atoms with van der Waals surface area (Å²) >= 11 is 0. The molecule has 6 nitrogen and oxygen atoms in total. The lowest BCUT2D eigenvalue weighted by Gasteiger charge is -2.06. The Kier molecular flexibility index (Phi) is 5.60. The Morgan fingerprint density at radius 1 is 1.27 bits per heavy atom. The van der Waals surface area contributed by atoms with Gasteiger partial charge in [-0.2, -0.15) is 0 Å². The van der Waals surface area contributed by atoms with E-state index in [0.717, 1.165) is 19.3 Å². The molecule has 0 aliphatic heterocycles. The number of hydrogen-bond acceptors (Lipinski definition) is 4. The van der Waals surface area contributed by atoms with E-state index in [-0.39, 0.29) is 11.5 Å². The number of nitrogens with zero attached hydrogens (tertiary/aromatic N) is 2. The highest BCUT2D eigenvalue weighted by Crippen LogP contribution is 2.09. The number of fused-ring (bicyclic) bond motifs is 1. The molecule has 0 saturated heterocycles. The molecule has 0 bridgehead atoms. The summed E-state index contributed by atoms with van der Waals surface area (Å²) in [5.74, 6) is -0.800. The van der Waals surface area contributed by atoms with Gasteiger partial charge in [-0.3, -0.25) is 19.4 Å². The maximum Gasteiger partial charge on any atom is 0.261 e. The van der Waals surface area contributed by atoms with Crippen LogP contribution in [0.3, 0.4) is 0 Å². The van der Waals surface area contributed by atoms with Crippen LogP contribution in [-0.4, -0.2) is 20.7 Å². The van der Waals surface area contributed by atoms with Crippen molar-refractivity contribution in [3.63, 3.8) is 0 Å².